The van der Waals surface area contributed by atoms with Crippen LogP contribution in [0.25, 0.3) is 120 Å². The van der Waals surface area contributed by atoms with E-state index in [1.54, 1.807) is 0 Å². The predicted molar refractivity (Wildman–Crippen MR) is 268 cm³/mol. The van der Waals surface area contributed by atoms with Crippen molar-refractivity contribution in [2.75, 3.05) is 0 Å². The van der Waals surface area contributed by atoms with Crippen LogP contribution in [0.5, 0.6) is 0 Å². The van der Waals surface area contributed by atoms with Gasteiger partial charge in [0.2, 0.25) is 0 Å². The molecular formula is C63H36O. The van der Waals surface area contributed by atoms with Gasteiger partial charge in [-0.3, -0.25) is 0 Å². The summed E-state index contributed by atoms with van der Waals surface area (Å²) in [5.74, 6) is 0. The normalized spacial score (nSPS) is 13.4. The van der Waals surface area contributed by atoms with Crippen molar-refractivity contribution in [3.8, 4) is 44.5 Å². The highest BCUT2D eigenvalue weighted by Gasteiger charge is 2.52. The summed E-state index contributed by atoms with van der Waals surface area (Å²) in [7, 11) is 0. The Morgan fingerprint density at radius 3 is 1.47 bits per heavy atom. The van der Waals surface area contributed by atoms with E-state index >= 15 is 0 Å². The average Bonchev–Trinajstić information content (AvgIpc) is 3.98. The van der Waals surface area contributed by atoms with Gasteiger partial charge in [0, 0.05) is 10.8 Å². The van der Waals surface area contributed by atoms with Crippen LogP contribution in [0, 0.1) is 0 Å². The first kappa shape index (κ1) is 34.3. The van der Waals surface area contributed by atoms with Crippen molar-refractivity contribution in [3.63, 3.8) is 0 Å². The molecule has 13 aromatic rings. The fraction of sp³-hybridized carbons (Fsp3) is 0.0159. The van der Waals surface area contributed by atoms with Crippen molar-refractivity contribution in [2.45, 2.75) is 5.41 Å². The van der Waals surface area contributed by atoms with Gasteiger partial charge in [0.15, 0.2) is 0 Å². The van der Waals surface area contributed by atoms with E-state index < -0.39 is 5.41 Å². The largest absolute Gasteiger partial charge is 0.456 e. The second kappa shape index (κ2) is 12.4. The van der Waals surface area contributed by atoms with Crippen LogP contribution in [-0.4, -0.2) is 0 Å². The van der Waals surface area contributed by atoms with Crippen molar-refractivity contribution >= 4 is 75.8 Å². The Hall–Kier alpha value is -8.26. The third-order valence-electron chi connectivity index (χ3n) is 14.8. The summed E-state index contributed by atoms with van der Waals surface area (Å²) in [6.07, 6.45) is 0. The van der Waals surface area contributed by atoms with Crippen molar-refractivity contribution in [3.05, 3.63) is 241 Å². The summed E-state index contributed by atoms with van der Waals surface area (Å²) < 4.78 is 6.47. The zero-order chi connectivity index (χ0) is 41.7. The molecule has 0 aliphatic heterocycles. The van der Waals surface area contributed by atoms with E-state index in [9.17, 15) is 0 Å². The standard InChI is InChI=1S/C63H36O/c1-3-15-43-37(13-1)27-30-55-61(43)51-34-39-25-26-40(33-42(39)36-56(51)63(55)53-23-11-9-17-45(53)46-18-10-12-24-54(46)63)59-47-19-5-7-21-49(47)60(50-22-8-6-20-48(50)59)41-29-31-57-52(35-41)62-44-16-4-2-14-38(44)28-32-58(62)64-57/h1-36H. The Kier molecular flexibility index (Phi) is 6.67. The lowest BCUT2D eigenvalue weighted by Crippen LogP contribution is -2.25. The summed E-state index contributed by atoms with van der Waals surface area (Å²) in [4.78, 5) is 0. The molecule has 294 valence electrons. The zero-order valence-corrected chi connectivity index (χ0v) is 34.7. The molecule has 1 nitrogen and oxygen atoms in total. The van der Waals surface area contributed by atoms with E-state index in [2.05, 4.69) is 218 Å². The highest BCUT2D eigenvalue weighted by Crippen LogP contribution is 2.64. The molecule has 15 rings (SSSR count). The second-order valence-corrected chi connectivity index (χ2v) is 17.8. The summed E-state index contributed by atoms with van der Waals surface area (Å²) in [6, 6.07) is 81.7. The molecule has 1 heteroatoms. The lowest BCUT2D eigenvalue weighted by molar-refractivity contribution is 0.669. The van der Waals surface area contributed by atoms with Crippen molar-refractivity contribution in [1.29, 1.82) is 0 Å². The fourth-order valence-electron chi connectivity index (χ4n) is 12.3. The molecule has 1 spiro atoms. The molecule has 12 aromatic carbocycles. The lowest BCUT2D eigenvalue weighted by atomic mass is 9.70. The quantitative estimate of drug-likeness (QED) is 0.159. The molecule has 2 aliphatic carbocycles. The first-order chi connectivity index (χ1) is 31.7. The molecule has 0 amide bonds. The van der Waals surface area contributed by atoms with Crippen molar-refractivity contribution in [1.82, 2.24) is 0 Å². The van der Waals surface area contributed by atoms with Gasteiger partial charge in [0.1, 0.15) is 11.2 Å². The Balaban J connectivity index is 0.989. The summed E-state index contributed by atoms with van der Waals surface area (Å²) in [5, 5.41) is 14.8. The van der Waals surface area contributed by atoms with Crippen LogP contribution in [0.4, 0.5) is 0 Å². The third kappa shape index (κ3) is 4.33. The van der Waals surface area contributed by atoms with Gasteiger partial charge >= 0.3 is 0 Å². The zero-order valence-electron chi connectivity index (χ0n) is 34.7. The highest BCUT2D eigenvalue weighted by molar-refractivity contribution is 6.24. The van der Waals surface area contributed by atoms with Gasteiger partial charge in [-0.25, -0.2) is 0 Å². The van der Waals surface area contributed by atoms with Gasteiger partial charge in [0.05, 0.1) is 5.41 Å². The molecule has 0 fully saturated rings. The fourth-order valence-corrected chi connectivity index (χ4v) is 12.3. The third-order valence-corrected chi connectivity index (χ3v) is 14.8. The number of rotatable bonds is 2. The predicted octanol–water partition coefficient (Wildman–Crippen LogP) is 17.0. The van der Waals surface area contributed by atoms with E-state index in [-0.39, 0.29) is 0 Å². The van der Waals surface area contributed by atoms with Crippen LogP contribution >= 0.6 is 0 Å². The van der Waals surface area contributed by atoms with E-state index in [0.29, 0.717) is 0 Å². The molecule has 1 aromatic heterocycles. The Labute approximate surface area is 369 Å². The molecule has 1 heterocycles. The number of benzene rings is 12. The molecular weight excluding hydrogens is 773 g/mol. The van der Waals surface area contributed by atoms with E-state index in [1.807, 2.05) is 0 Å². The molecule has 2 aliphatic rings. The molecule has 0 saturated carbocycles. The molecule has 0 unspecified atom stereocenters. The summed E-state index contributed by atoms with van der Waals surface area (Å²) in [6.45, 7) is 0. The van der Waals surface area contributed by atoms with Gasteiger partial charge in [0.25, 0.3) is 0 Å². The van der Waals surface area contributed by atoms with Crippen LogP contribution in [0.2, 0.25) is 0 Å². The number of fused-ring (bicyclic) bond motifs is 20. The minimum Gasteiger partial charge on any atom is -0.456 e. The van der Waals surface area contributed by atoms with Gasteiger partial charge in [-0.1, -0.05) is 182 Å². The van der Waals surface area contributed by atoms with Crippen LogP contribution in [0.3, 0.4) is 0 Å². The molecule has 0 bridgehead atoms. The van der Waals surface area contributed by atoms with Crippen LogP contribution in [0.1, 0.15) is 22.3 Å². The maximum atomic E-state index is 6.47. The summed E-state index contributed by atoms with van der Waals surface area (Å²) >= 11 is 0. The smallest absolute Gasteiger partial charge is 0.136 e. The van der Waals surface area contributed by atoms with Gasteiger partial charge in [-0.2, -0.15) is 0 Å². The minimum atomic E-state index is -0.430. The van der Waals surface area contributed by atoms with E-state index in [0.717, 1.165) is 16.6 Å². The van der Waals surface area contributed by atoms with E-state index in [1.165, 1.54) is 126 Å². The highest BCUT2D eigenvalue weighted by atomic mass is 16.3. The maximum Gasteiger partial charge on any atom is 0.136 e. The first-order valence-electron chi connectivity index (χ1n) is 22.3. The maximum absolute atomic E-state index is 6.47. The van der Waals surface area contributed by atoms with Gasteiger partial charge in [-0.05, 0) is 157 Å². The molecule has 0 saturated heterocycles. The monoisotopic (exact) mass is 808 g/mol. The van der Waals surface area contributed by atoms with Crippen LogP contribution in [0.15, 0.2) is 223 Å². The van der Waals surface area contributed by atoms with E-state index in [4.69, 9.17) is 4.42 Å². The molecule has 0 N–H and O–H groups in total. The van der Waals surface area contributed by atoms with Crippen molar-refractivity contribution in [2.24, 2.45) is 0 Å². The Bertz CT molecular complexity index is 4100. The van der Waals surface area contributed by atoms with Crippen LogP contribution < -0.4 is 0 Å². The Morgan fingerprint density at radius 2 is 0.781 bits per heavy atom. The topological polar surface area (TPSA) is 13.1 Å². The van der Waals surface area contributed by atoms with Crippen molar-refractivity contribution < 1.29 is 4.42 Å². The Morgan fingerprint density at radius 1 is 0.266 bits per heavy atom. The minimum absolute atomic E-state index is 0.430. The lowest BCUT2D eigenvalue weighted by Gasteiger charge is -2.30. The van der Waals surface area contributed by atoms with Gasteiger partial charge < -0.3 is 4.42 Å². The molecule has 64 heavy (non-hydrogen) atoms. The van der Waals surface area contributed by atoms with Gasteiger partial charge in [-0.15, -0.1) is 0 Å². The summed E-state index contributed by atoms with van der Waals surface area (Å²) in [5.41, 5.74) is 17.1. The number of hydrogen-bond donors (Lipinski definition) is 0. The number of furan rings is 1. The SMILES string of the molecule is c1ccc2c(c1)-c1ccccc1C21c2cc3cc(-c4c5ccccc5c(-c5ccc6oc7ccc8ccccc8c7c6c5)c5ccccc45)ccc3cc2-c2c1ccc1ccccc21. The molecule has 0 atom stereocenters. The number of hydrogen-bond acceptors (Lipinski definition) is 1. The average molecular weight is 809 g/mol. The molecule has 0 radical (unpaired) electrons. The first-order valence-corrected chi connectivity index (χ1v) is 22.3. The second-order valence-electron chi connectivity index (χ2n) is 17.8. The van der Waals surface area contributed by atoms with Crippen LogP contribution in [-0.2, 0) is 5.41 Å².